The molecule has 2 heterocycles. The van der Waals surface area contributed by atoms with E-state index in [0.29, 0.717) is 18.9 Å². The van der Waals surface area contributed by atoms with Gasteiger partial charge in [-0.15, -0.1) is 0 Å². The Morgan fingerprint density at radius 1 is 1.50 bits per heavy atom. The Morgan fingerprint density at radius 2 is 2.15 bits per heavy atom. The van der Waals surface area contributed by atoms with Crippen LogP contribution < -0.4 is 0 Å². The number of rotatable bonds is 2. The Kier molecular flexibility index (Phi) is 3.93. The van der Waals surface area contributed by atoms with Gasteiger partial charge < -0.3 is 14.7 Å². The molecule has 7 nitrogen and oxygen atoms in total. The average molecular weight is 285 g/mol. The summed E-state index contributed by atoms with van der Waals surface area (Å²) in [6.45, 7) is 8.38. The number of carbonyl (C=O) groups excluding carboxylic acids is 1. The van der Waals surface area contributed by atoms with E-state index in [1.165, 1.54) is 9.80 Å². The fourth-order valence-electron chi connectivity index (χ4n) is 2.32. The highest BCUT2D eigenvalue weighted by atomic mass is 16.6. The van der Waals surface area contributed by atoms with E-state index in [-0.39, 0.29) is 17.6 Å². The largest absolute Gasteiger partial charge is 0.390 e. The summed E-state index contributed by atoms with van der Waals surface area (Å²) >= 11 is 0. The molecule has 7 heteroatoms. The number of likely N-dealkylation sites (N-methyl/N-ethyl adjacent to an activating group) is 1. The maximum absolute atomic E-state index is 12.2. The zero-order valence-electron chi connectivity index (χ0n) is 12.7. The summed E-state index contributed by atoms with van der Waals surface area (Å²) in [5.74, 6) is 0.455. The first-order valence-corrected chi connectivity index (χ1v) is 6.85. The summed E-state index contributed by atoms with van der Waals surface area (Å²) in [6.07, 6.45) is -1.34. The zero-order valence-corrected chi connectivity index (χ0v) is 12.7. The molecule has 1 saturated heterocycles. The van der Waals surface area contributed by atoms with Crippen molar-refractivity contribution >= 4 is 11.9 Å². The van der Waals surface area contributed by atoms with Gasteiger partial charge in [-0.05, 0) is 6.92 Å². The van der Waals surface area contributed by atoms with Crippen molar-refractivity contribution in [3.05, 3.63) is 0 Å². The van der Waals surface area contributed by atoms with E-state index in [4.69, 9.17) is 9.57 Å². The first kappa shape index (κ1) is 15.1. The molecule has 2 amide bonds. The average Bonchev–Trinajstić information content (AvgIpc) is 2.90. The summed E-state index contributed by atoms with van der Waals surface area (Å²) in [7, 11) is 1.60. The van der Waals surface area contributed by atoms with Crippen molar-refractivity contribution in [2.75, 3.05) is 13.7 Å². The standard InChI is InChI=1S/C13H23N3O4/c1-6-19-11-10(17)16(12(18)15(11)5)9-7-8(20-14-9)13(2,3)4/h8,10-11,17H,6-7H2,1-5H3. The maximum Gasteiger partial charge on any atom is 0.329 e. The van der Waals surface area contributed by atoms with E-state index < -0.39 is 12.5 Å². The number of oxime groups is 1. The number of hydrogen-bond donors (Lipinski definition) is 1. The van der Waals surface area contributed by atoms with Gasteiger partial charge in [-0.25, -0.2) is 9.69 Å². The predicted octanol–water partition coefficient (Wildman–Crippen LogP) is 1.18. The fourth-order valence-corrected chi connectivity index (χ4v) is 2.32. The predicted molar refractivity (Wildman–Crippen MR) is 72.8 cm³/mol. The molecule has 0 bridgehead atoms. The normalized spacial score (nSPS) is 30.8. The molecule has 114 valence electrons. The second-order valence-electron chi connectivity index (χ2n) is 6.19. The molecule has 2 aliphatic rings. The number of hydrogen-bond acceptors (Lipinski definition) is 5. The van der Waals surface area contributed by atoms with Gasteiger partial charge >= 0.3 is 6.03 Å². The van der Waals surface area contributed by atoms with Gasteiger partial charge in [0.15, 0.2) is 18.3 Å². The molecule has 2 aliphatic heterocycles. The molecule has 0 aliphatic carbocycles. The summed E-state index contributed by atoms with van der Waals surface area (Å²) in [4.78, 5) is 20.2. The van der Waals surface area contributed by atoms with E-state index in [9.17, 15) is 9.90 Å². The molecule has 20 heavy (non-hydrogen) atoms. The van der Waals surface area contributed by atoms with Crippen LogP contribution in [0.3, 0.4) is 0 Å². The molecule has 3 atom stereocenters. The van der Waals surface area contributed by atoms with Crippen LogP contribution in [0.5, 0.6) is 0 Å². The Balaban J connectivity index is 2.12. The second kappa shape index (κ2) is 5.21. The first-order valence-electron chi connectivity index (χ1n) is 6.85. The molecular weight excluding hydrogens is 262 g/mol. The lowest BCUT2D eigenvalue weighted by Crippen LogP contribution is -2.42. The van der Waals surface area contributed by atoms with Crippen LogP contribution in [0.15, 0.2) is 5.16 Å². The summed E-state index contributed by atoms with van der Waals surface area (Å²) in [5.41, 5.74) is -0.0792. The van der Waals surface area contributed by atoms with E-state index in [1.54, 1.807) is 7.05 Å². The smallest absolute Gasteiger partial charge is 0.329 e. The highest BCUT2D eigenvalue weighted by Gasteiger charge is 2.48. The SMILES string of the molecule is CCOC1C(O)N(C2=NOC(C(C)(C)C)C2)C(=O)N1C. The van der Waals surface area contributed by atoms with E-state index in [2.05, 4.69) is 5.16 Å². The van der Waals surface area contributed by atoms with Crippen LogP contribution in [0.4, 0.5) is 4.79 Å². The Bertz CT molecular complexity index is 418. The lowest BCUT2D eigenvalue weighted by Gasteiger charge is -2.25. The highest BCUT2D eigenvalue weighted by Crippen LogP contribution is 2.32. The number of aliphatic hydroxyl groups is 1. The van der Waals surface area contributed by atoms with Gasteiger partial charge in [-0.3, -0.25) is 4.90 Å². The van der Waals surface area contributed by atoms with Crippen molar-refractivity contribution in [2.24, 2.45) is 10.6 Å². The third-order valence-corrected chi connectivity index (χ3v) is 3.64. The number of aliphatic hydroxyl groups excluding tert-OH is 1. The Morgan fingerprint density at radius 3 is 2.65 bits per heavy atom. The quantitative estimate of drug-likeness (QED) is 0.827. The zero-order chi connectivity index (χ0) is 15.1. The number of urea groups is 1. The van der Waals surface area contributed by atoms with Gasteiger partial charge in [-0.1, -0.05) is 25.9 Å². The molecule has 0 saturated carbocycles. The van der Waals surface area contributed by atoms with Crippen molar-refractivity contribution in [2.45, 2.75) is 52.7 Å². The Hall–Kier alpha value is -1.34. The van der Waals surface area contributed by atoms with Crippen LogP contribution in [0.25, 0.3) is 0 Å². The van der Waals surface area contributed by atoms with Gasteiger partial charge in [-0.2, -0.15) is 0 Å². The van der Waals surface area contributed by atoms with Gasteiger partial charge in [0.2, 0.25) is 0 Å². The monoisotopic (exact) mass is 285 g/mol. The van der Waals surface area contributed by atoms with Crippen LogP contribution >= 0.6 is 0 Å². The van der Waals surface area contributed by atoms with Crippen molar-refractivity contribution in [1.82, 2.24) is 9.80 Å². The van der Waals surface area contributed by atoms with Crippen molar-refractivity contribution < 1.29 is 19.5 Å². The summed E-state index contributed by atoms with van der Waals surface area (Å²) in [5, 5.41) is 14.2. The summed E-state index contributed by atoms with van der Waals surface area (Å²) in [6, 6.07) is -0.326. The van der Waals surface area contributed by atoms with Crippen LogP contribution in [0.2, 0.25) is 0 Å². The third-order valence-electron chi connectivity index (χ3n) is 3.64. The molecule has 1 fully saturated rings. The number of carbonyl (C=O) groups is 1. The minimum absolute atomic E-state index is 0.0792. The number of ether oxygens (including phenoxy) is 1. The minimum Gasteiger partial charge on any atom is -0.390 e. The number of nitrogens with zero attached hydrogens (tertiary/aromatic N) is 3. The molecule has 0 aromatic heterocycles. The minimum atomic E-state index is -1.06. The molecule has 0 spiro atoms. The van der Waals surface area contributed by atoms with E-state index >= 15 is 0 Å². The van der Waals surface area contributed by atoms with Gasteiger partial charge in [0, 0.05) is 25.5 Å². The molecule has 2 rings (SSSR count). The molecule has 3 unspecified atom stereocenters. The van der Waals surface area contributed by atoms with Crippen molar-refractivity contribution in [3.63, 3.8) is 0 Å². The lowest BCUT2D eigenvalue weighted by molar-refractivity contribution is -0.0888. The van der Waals surface area contributed by atoms with Crippen molar-refractivity contribution in [1.29, 1.82) is 0 Å². The Labute approximate surface area is 119 Å². The molecule has 0 aromatic rings. The van der Waals surface area contributed by atoms with Gasteiger partial charge in [0.05, 0.1) is 0 Å². The van der Waals surface area contributed by atoms with Crippen LogP contribution in [0.1, 0.15) is 34.1 Å². The number of amides is 2. The second-order valence-corrected chi connectivity index (χ2v) is 6.19. The molecule has 0 aromatic carbocycles. The van der Waals surface area contributed by atoms with E-state index in [1.807, 2.05) is 27.7 Å². The van der Waals surface area contributed by atoms with Crippen LogP contribution in [-0.2, 0) is 9.57 Å². The fraction of sp³-hybridized carbons (Fsp3) is 0.846. The van der Waals surface area contributed by atoms with E-state index in [0.717, 1.165) is 0 Å². The lowest BCUT2D eigenvalue weighted by atomic mass is 9.87. The van der Waals surface area contributed by atoms with Gasteiger partial charge in [0.1, 0.15) is 6.10 Å². The third kappa shape index (κ3) is 2.47. The first-order chi connectivity index (χ1) is 9.27. The molecule has 0 radical (unpaired) electrons. The molecular formula is C13H23N3O4. The summed E-state index contributed by atoms with van der Waals surface area (Å²) < 4.78 is 5.40. The maximum atomic E-state index is 12.2. The molecule has 1 N–H and O–H groups in total. The van der Waals surface area contributed by atoms with Crippen LogP contribution in [-0.4, -0.2) is 59.0 Å². The number of amidine groups is 1. The highest BCUT2D eigenvalue weighted by molar-refractivity contribution is 5.99. The van der Waals surface area contributed by atoms with Gasteiger partial charge in [0.25, 0.3) is 0 Å². The topological polar surface area (TPSA) is 74.6 Å². The van der Waals surface area contributed by atoms with Crippen molar-refractivity contribution in [3.8, 4) is 0 Å². The van der Waals surface area contributed by atoms with Crippen LogP contribution in [0, 0.1) is 5.41 Å².